The summed E-state index contributed by atoms with van der Waals surface area (Å²) in [6.45, 7) is 0. The minimum atomic E-state index is -0.374. The van der Waals surface area contributed by atoms with E-state index in [9.17, 15) is 9.90 Å². The Labute approximate surface area is 79.6 Å². The minimum absolute atomic E-state index is 0.0915. The van der Waals surface area contributed by atoms with Crippen molar-refractivity contribution in [3.05, 3.63) is 28.6 Å². The van der Waals surface area contributed by atoms with Gasteiger partial charge in [-0.1, -0.05) is 0 Å². The zero-order valence-electron chi connectivity index (χ0n) is 6.50. The molecule has 0 saturated heterocycles. The van der Waals surface area contributed by atoms with Crippen LogP contribution >= 0.6 is 0 Å². The second kappa shape index (κ2) is 2.16. The Hall–Kier alpha value is -1.25. The molecule has 1 aromatic carbocycles. The van der Waals surface area contributed by atoms with Crippen molar-refractivity contribution in [2.45, 2.75) is 0 Å². The molecular formula is C9H5NO2Se. The number of benzene rings is 1. The normalized spacial score (nSPS) is 12.9. The first-order valence-corrected chi connectivity index (χ1v) is 5.54. The summed E-state index contributed by atoms with van der Waals surface area (Å²) in [4.78, 5) is 13.8. The summed E-state index contributed by atoms with van der Waals surface area (Å²) in [5, 5.41) is 10.5. The summed E-state index contributed by atoms with van der Waals surface area (Å²) in [6, 6.07) is 5.82. The van der Waals surface area contributed by atoms with E-state index >= 15 is 0 Å². The maximum atomic E-state index is 11.2. The van der Waals surface area contributed by atoms with Gasteiger partial charge in [-0.2, -0.15) is 0 Å². The van der Waals surface area contributed by atoms with Gasteiger partial charge in [-0.05, 0) is 0 Å². The number of hydrogen-bond donors (Lipinski definition) is 2. The van der Waals surface area contributed by atoms with Gasteiger partial charge in [0.05, 0.1) is 0 Å². The van der Waals surface area contributed by atoms with Gasteiger partial charge in [-0.15, -0.1) is 0 Å². The fourth-order valence-electron chi connectivity index (χ4n) is 1.52. The van der Waals surface area contributed by atoms with Crippen molar-refractivity contribution in [3.63, 3.8) is 0 Å². The molecule has 0 amide bonds. The molecule has 0 radical (unpaired) electrons. The van der Waals surface area contributed by atoms with Crippen molar-refractivity contribution in [3.8, 4) is 5.75 Å². The molecule has 0 saturated carbocycles. The molecule has 1 aromatic heterocycles. The number of H-pyrrole nitrogens is 1. The molecule has 0 aliphatic carbocycles. The quantitative estimate of drug-likeness (QED) is 0.504. The predicted octanol–water partition coefficient (Wildman–Crippen LogP) is -0.798. The molecule has 0 bridgehead atoms. The van der Waals surface area contributed by atoms with Gasteiger partial charge < -0.3 is 0 Å². The van der Waals surface area contributed by atoms with E-state index in [0.717, 1.165) is 15.4 Å². The molecule has 0 fully saturated rings. The van der Waals surface area contributed by atoms with Crippen LogP contribution in [0, 0.1) is 0 Å². The molecule has 2 heterocycles. The van der Waals surface area contributed by atoms with Gasteiger partial charge in [0.15, 0.2) is 0 Å². The number of aromatic amines is 1. The average molecular weight is 238 g/mol. The van der Waals surface area contributed by atoms with Gasteiger partial charge >= 0.3 is 79.2 Å². The van der Waals surface area contributed by atoms with Gasteiger partial charge in [0.1, 0.15) is 0 Å². The van der Waals surface area contributed by atoms with Crippen LogP contribution in [0.5, 0.6) is 5.75 Å². The van der Waals surface area contributed by atoms with Crippen LogP contribution < -0.4 is 14.5 Å². The standard InChI is InChI=1S/C9H5NO2Se/c11-7-8-6-4(10-9(7)12)2-1-3-5(6)13-8/h1-3,11H,(H,10,12). The Morgan fingerprint density at radius 2 is 2.23 bits per heavy atom. The first-order valence-electron chi connectivity index (χ1n) is 3.83. The van der Waals surface area contributed by atoms with Crippen LogP contribution in [0.15, 0.2) is 23.0 Å². The van der Waals surface area contributed by atoms with Crippen LogP contribution in [0.1, 0.15) is 0 Å². The van der Waals surface area contributed by atoms with Crippen LogP contribution in [0.4, 0.5) is 0 Å². The van der Waals surface area contributed by atoms with E-state index in [1.807, 2.05) is 18.2 Å². The van der Waals surface area contributed by atoms with Gasteiger partial charge in [-0.25, -0.2) is 0 Å². The molecular weight excluding hydrogens is 233 g/mol. The Bertz CT molecular complexity index is 574. The van der Waals surface area contributed by atoms with Crippen molar-refractivity contribution in [1.29, 1.82) is 0 Å². The van der Waals surface area contributed by atoms with Crippen LogP contribution in [0.25, 0.3) is 10.9 Å². The Balaban J connectivity index is 2.63. The Morgan fingerprint density at radius 3 is 3.08 bits per heavy atom. The van der Waals surface area contributed by atoms with Crippen molar-refractivity contribution in [2.75, 3.05) is 0 Å². The van der Waals surface area contributed by atoms with Crippen molar-refractivity contribution < 1.29 is 5.11 Å². The second-order valence-electron chi connectivity index (χ2n) is 2.91. The van der Waals surface area contributed by atoms with E-state index in [-0.39, 0.29) is 26.3 Å². The van der Waals surface area contributed by atoms with E-state index in [0.29, 0.717) is 0 Å². The first kappa shape index (κ1) is 7.18. The molecule has 0 atom stereocenters. The third-order valence-electron chi connectivity index (χ3n) is 2.14. The monoisotopic (exact) mass is 239 g/mol. The van der Waals surface area contributed by atoms with E-state index in [1.54, 1.807) is 0 Å². The number of hydrogen-bond acceptors (Lipinski definition) is 2. The van der Waals surface area contributed by atoms with Crippen LogP contribution in [-0.2, 0) is 0 Å². The predicted molar refractivity (Wildman–Crippen MR) is 51.3 cm³/mol. The Kier molecular flexibility index (Phi) is 1.19. The zero-order valence-corrected chi connectivity index (χ0v) is 8.21. The summed E-state index contributed by atoms with van der Waals surface area (Å²) < 4.78 is 2.11. The van der Waals surface area contributed by atoms with Crippen LogP contribution in [0.2, 0.25) is 0 Å². The molecule has 64 valence electrons. The molecule has 2 N–H and O–H groups in total. The molecule has 1 aliphatic heterocycles. The fraction of sp³-hybridized carbons (Fsp3) is 0. The maximum absolute atomic E-state index is 11.2. The topological polar surface area (TPSA) is 53.1 Å². The molecule has 1 aliphatic rings. The molecule has 4 heteroatoms. The van der Waals surface area contributed by atoms with E-state index in [4.69, 9.17) is 0 Å². The molecule has 2 aromatic rings. The number of aromatic nitrogens is 1. The van der Waals surface area contributed by atoms with E-state index in [2.05, 4.69) is 4.98 Å². The molecule has 0 unspecified atom stereocenters. The SMILES string of the molecule is O=c1[nH]c2cccc3c2c(c1O)[Se]3. The number of rotatable bonds is 0. The average Bonchev–Trinajstić information content (AvgIpc) is 2.06. The summed E-state index contributed by atoms with van der Waals surface area (Å²) in [7, 11) is 0. The van der Waals surface area contributed by atoms with Crippen LogP contribution in [-0.4, -0.2) is 25.0 Å². The molecule has 3 nitrogen and oxygen atoms in total. The summed E-state index contributed by atoms with van der Waals surface area (Å²) in [5.41, 5.74) is 0.463. The van der Waals surface area contributed by atoms with Gasteiger partial charge in [0.2, 0.25) is 0 Å². The number of pyridine rings is 1. The third-order valence-corrected chi connectivity index (χ3v) is 4.58. The van der Waals surface area contributed by atoms with Crippen molar-refractivity contribution in [1.82, 2.24) is 4.98 Å². The number of aromatic hydroxyl groups is 1. The third kappa shape index (κ3) is 0.767. The molecule has 3 rings (SSSR count). The van der Waals surface area contributed by atoms with Crippen molar-refractivity contribution >= 4 is 34.8 Å². The van der Waals surface area contributed by atoms with E-state index < -0.39 is 0 Å². The van der Waals surface area contributed by atoms with E-state index in [1.165, 1.54) is 4.46 Å². The first-order chi connectivity index (χ1) is 6.27. The van der Waals surface area contributed by atoms with Gasteiger partial charge in [0, 0.05) is 0 Å². The summed E-state index contributed by atoms with van der Waals surface area (Å²) in [5.74, 6) is -0.0915. The summed E-state index contributed by atoms with van der Waals surface area (Å²) in [6.07, 6.45) is 0. The number of nitrogens with one attached hydrogen (secondary N) is 1. The zero-order chi connectivity index (χ0) is 9.00. The Morgan fingerprint density at radius 1 is 1.38 bits per heavy atom. The van der Waals surface area contributed by atoms with Gasteiger partial charge in [-0.3, -0.25) is 0 Å². The molecule has 0 spiro atoms. The molecule has 13 heavy (non-hydrogen) atoms. The fourth-order valence-corrected chi connectivity index (χ4v) is 3.70. The van der Waals surface area contributed by atoms with Crippen LogP contribution in [0.3, 0.4) is 0 Å². The van der Waals surface area contributed by atoms with Gasteiger partial charge in [0.25, 0.3) is 0 Å². The van der Waals surface area contributed by atoms with Crippen molar-refractivity contribution in [2.24, 2.45) is 0 Å². The summed E-state index contributed by atoms with van der Waals surface area (Å²) >= 11 is 0.160. The second-order valence-corrected chi connectivity index (χ2v) is 5.12.